The predicted molar refractivity (Wildman–Crippen MR) is 143 cm³/mol. The lowest BCUT2D eigenvalue weighted by Crippen LogP contribution is -2.49. The number of carbonyl (C=O) groups is 5. The summed E-state index contributed by atoms with van der Waals surface area (Å²) < 4.78 is 0. The number of aliphatic carboxylic acids is 1. The van der Waals surface area contributed by atoms with E-state index in [1.54, 1.807) is 62.4 Å². The third-order valence-corrected chi connectivity index (χ3v) is 9.51. The van der Waals surface area contributed by atoms with Gasteiger partial charge in [0.15, 0.2) is 0 Å². The number of carboxylic acid groups (broad SMARTS) is 1. The van der Waals surface area contributed by atoms with Gasteiger partial charge in [0, 0.05) is 18.0 Å². The summed E-state index contributed by atoms with van der Waals surface area (Å²) in [6.07, 6.45) is 2.03. The molecule has 0 bridgehead atoms. The van der Waals surface area contributed by atoms with Crippen molar-refractivity contribution in [3.8, 4) is 5.75 Å². The minimum atomic E-state index is -1.23. The number of aromatic hydroxyl groups is 1. The molecule has 4 amide bonds. The zero-order chi connectivity index (χ0) is 28.5. The maximum atomic E-state index is 14.3. The van der Waals surface area contributed by atoms with Crippen LogP contribution in [0, 0.1) is 36.0 Å². The van der Waals surface area contributed by atoms with E-state index < -0.39 is 52.8 Å². The summed E-state index contributed by atoms with van der Waals surface area (Å²) in [4.78, 5) is 68.7. The molecule has 6 atom stereocenters. The van der Waals surface area contributed by atoms with E-state index in [-0.39, 0.29) is 43.4 Å². The number of phenols is 1. The van der Waals surface area contributed by atoms with Crippen LogP contribution in [-0.2, 0) is 24.0 Å². The van der Waals surface area contributed by atoms with E-state index in [0.717, 1.165) is 10.5 Å². The standard InChI is InChI=1S/C31H30N2O7/c1-16-7-6-10-20(26(16)36)25-18-11-12-19-24(29(39)32(27(19)37)14-13-23(34)35)21(18)15-22-28(38)33(30(40)31(22,25)2)17-8-4-3-5-9-17/h3-11,19,21-22,24-25,36H,12-15H2,1-2H3,(H,34,35)/t19-,21+,22-,24-,25+,31+/m0/s1. The van der Waals surface area contributed by atoms with Gasteiger partial charge in [-0.3, -0.25) is 28.9 Å². The number of imide groups is 2. The smallest absolute Gasteiger partial charge is 0.305 e. The number of carbonyl (C=O) groups excluding carboxylic acids is 4. The lowest BCUT2D eigenvalue weighted by atomic mass is 9.51. The van der Waals surface area contributed by atoms with Gasteiger partial charge < -0.3 is 10.2 Å². The molecule has 2 aromatic rings. The van der Waals surface area contributed by atoms with Gasteiger partial charge in [0.2, 0.25) is 23.6 Å². The molecule has 2 aliphatic heterocycles. The van der Waals surface area contributed by atoms with Crippen LogP contribution in [0.15, 0.2) is 60.2 Å². The third kappa shape index (κ3) is 3.49. The Bertz CT molecular complexity index is 1500. The first-order valence-electron chi connectivity index (χ1n) is 13.6. The van der Waals surface area contributed by atoms with E-state index in [1.807, 2.05) is 6.08 Å². The summed E-state index contributed by atoms with van der Waals surface area (Å²) in [5.74, 6) is -6.03. The number of phenolic OH excluding ortho intramolecular Hbond substituents is 1. The summed E-state index contributed by atoms with van der Waals surface area (Å²) in [5.41, 5.74) is 1.14. The first-order valence-corrected chi connectivity index (χ1v) is 13.6. The van der Waals surface area contributed by atoms with Crippen LogP contribution in [0.25, 0.3) is 0 Å². The van der Waals surface area contributed by atoms with Crippen LogP contribution in [0.1, 0.15) is 43.2 Å². The minimum Gasteiger partial charge on any atom is -0.507 e. The molecule has 3 fully saturated rings. The summed E-state index contributed by atoms with van der Waals surface area (Å²) in [7, 11) is 0. The fourth-order valence-electron chi connectivity index (χ4n) is 7.59. The van der Waals surface area contributed by atoms with E-state index in [9.17, 15) is 29.1 Å². The third-order valence-electron chi connectivity index (χ3n) is 9.51. The number of anilines is 1. The number of fused-ring (bicyclic) bond motifs is 4. The fraction of sp³-hybridized carbons (Fsp3) is 0.387. The van der Waals surface area contributed by atoms with E-state index in [0.29, 0.717) is 16.8 Å². The number of allylic oxidation sites excluding steroid dienone is 2. The Kier molecular flexibility index (Phi) is 5.94. The molecular weight excluding hydrogens is 512 g/mol. The van der Waals surface area contributed by atoms with Crippen LogP contribution in [0.3, 0.4) is 0 Å². The van der Waals surface area contributed by atoms with Crippen LogP contribution < -0.4 is 4.90 Å². The van der Waals surface area contributed by atoms with E-state index >= 15 is 0 Å². The summed E-state index contributed by atoms with van der Waals surface area (Å²) in [6, 6.07) is 14.0. The number of carboxylic acids is 1. The number of rotatable bonds is 5. The van der Waals surface area contributed by atoms with Gasteiger partial charge in [-0.1, -0.05) is 48.0 Å². The molecule has 2 aromatic carbocycles. The number of likely N-dealkylation sites (tertiary alicyclic amines) is 1. The first kappa shape index (κ1) is 26.0. The number of para-hydroxylation sites is 2. The molecule has 2 saturated heterocycles. The zero-order valence-electron chi connectivity index (χ0n) is 22.2. The van der Waals surface area contributed by atoms with Gasteiger partial charge in [-0.25, -0.2) is 4.90 Å². The fourth-order valence-corrected chi connectivity index (χ4v) is 7.59. The van der Waals surface area contributed by atoms with Crippen molar-refractivity contribution in [3.05, 3.63) is 71.3 Å². The van der Waals surface area contributed by atoms with Crippen LogP contribution in [0.5, 0.6) is 5.75 Å². The van der Waals surface area contributed by atoms with Crippen molar-refractivity contribution in [1.29, 1.82) is 0 Å². The molecular formula is C31H30N2O7. The second-order valence-electron chi connectivity index (χ2n) is 11.5. The maximum absolute atomic E-state index is 14.3. The van der Waals surface area contributed by atoms with Crippen LogP contribution in [0.4, 0.5) is 5.69 Å². The highest BCUT2D eigenvalue weighted by Gasteiger charge is 2.67. The van der Waals surface area contributed by atoms with Gasteiger partial charge in [0.1, 0.15) is 5.75 Å². The number of nitrogens with zero attached hydrogens (tertiary/aromatic N) is 2. The Labute approximate surface area is 231 Å². The van der Waals surface area contributed by atoms with Crippen molar-refractivity contribution in [1.82, 2.24) is 4.90 Å². The maximum Gasteiger partial charge on any atom is 0.305 e. The van der Waals surface area contributed by atoms with Crippen molar-refractivity contribution < 1.29 is 34.2 Å². The van der Waals surface area contributed by atoms with Gasteiger partial charge >= 0.3 is 5.97 Å². The molecule has 9 nitrogen and oxygen atoms in total. The Balaban J connectivity index is 1.50. The molecule has 2 aliphatic carbocycles. The molecule has 2 heterocycles. The molecule has 4 aliphatic rings. The number of hydrogen-bond acceptors (Lipinski definition) is 6. The van der Waals surface area contributed by atoms with Crippen molar-refractivity contribution in [2.45, 2.75) is 39.0 Å². The molecule has 9 heteroatoms. The van der Waals surface area contributed by atoms with Gasteiger partial charge in [-0.05, 0) is 50.3 Å². The Morgan fingerprint density at radius 1 is 0.975 bits per heavy atom. The van der Waals surface area contributed by atoms with E-state index in [1.165, 1.54) is 4.90 Å². The molecule has 6 rings (SSSR count). The number of hydrogen-bond donors (Lipinski definition) is 2. The molecule has 0 unspecified atom stereocenters. The normalized spacial score (nSPS) is 31.1. The average molecular weight is 543 g/mol. The Hall–Kier alpha value is -4.27. The van der Waals surface area contributed by atoms with E-state index in [4.69, 9.17) is 5.11 Å². The highest BCUT2D eigenvalue weighted by molar-refractivity contribution is 6.24. The highest BCUT2D eigenvalue weighted by Crippen LogP contribution is 2.64. The molecule has 1 saturated carbocycles. The monoisotopic (exact) mass is 542 g/mol. The van der Waals surface area contributed by atoms with Gasteiger partial charge in [-0.15, -0.1) is 0 Å². The summed E-state index contributed by atoms with van der Waals surface area (Å²) in [6.45, 7) is 3.34. The minimum absolute atomic E-state index is 0.0338. The van der Waals surface area contributed by atoms with Gasteiger partial charge in [-0.2, -0.15) is 0 Å². The average Bonchev–Trinajstić information content (AvgIpc) is 3.29. The molecule has 0 aromatic heterocycles. The second kappa shape index (κ2) is 9.15. The number of benzene rings is 2. The summed E-state index contributed by atoms with van der Waals surface area (Å²) in [5, 5.41) is 20.4. The molecule has 0 radical (unpaired) electrons. The van der Waals surface area contributed by atoms with E-state index in [2.05, 4.69) is 0 Å². The molecule has 206 valence electrons. The quantitative estimate of drug-likeness (QED) is 0.437. The van der Waals surface area contributed by atoms with Gasteiger partial charge in [0.05, 0.1) is 35.3 Å². The van der Waals surface area contributed by atoms with Crippen LogP contribution >= 0.6 is 0 Å². The van der Waals surface area contributed by atoms with Gasteiger partial charge in [0.25, 0.3) is 0 Å². The number of aryl methyl sites for hydroxylation is 1. The first-order chi connectivity index (χ1) is 19.1. The molecule has 2 N–H and O–H groups in total. The highest BCUT2D eigenvalue weighted by atomic mass is 16.4. The van der Waals surface area contributed by atoms with Crippen LogP contribution in [0.2, 0.25) is 0 Å². The summed E-state index contributed by atoms with van der Waals surface area (Å²) >= 11 is 0. The largest absolute Gasteiger partial charge is 0.507 e. The SMILES string of the molecule is Cc1cccc([C@H]2C3=CC[C@@H]4C(=O)N(CCC(=O)O)C(=O)[C@@H]4[C@@H]3C[C@H]3C(=O)N(c4ccccc4)C(=O)[C@@]23C)c1O. The zero-order valence-corrected chi connectivity index (χ0v) is 22.2. The molecule has 0 spiro atoms. The predicted octanol–water partition coefficient (Wildman–Crippen LogP) is 3.41. The molecule has 40 heavy (non-hydrogen) atoms. The van der Waals surface area contributed by atoms with Crippen molar-refractivity contribution in [3.63, 3.8) is 0 Å². The lowest BCUT2D eigenvalue weighted by molar-refractivity contribution is -0.142. The Morgan fingerprint density at radius 2 is 1.70 bits per heavy atom. The van der Waals surface area contributed by atoms with Crippen molar-refractivity contribution in [2.24, 2.45) is 29.1 Å². The van der Waals surface area contributed by atoms with Crippen LogP contribution in [-0.4, -0.2) is 51.3 Å². The van der Waals surface area contributed by atoms with Crippen molar-refractivity contribution in [2.75, 3.05) is 11.4 Å². The Morgan fingerprint density at radius 3 is 2.40 bits per heavy atom. The van der Waals surface area contributed by atoms with Crippen molar-refractivity contribution >= 4 is 35.3 Å². The second-order valence-corrected chi connectivity index (χ2v) is 11.5. The lowest BCUT2D eigenvalue weighted by Gasteiger charge is -2.49. The number of amides is 4. The topological polar surface area (TPSA) is 132 Å².